The van der Waals surface area contributed by atoms with Gasteiger partial charge in [-0.3, -0.25) is 14.2 Å². The molecule has 2 fully saturated rings. The Morgan fingerprint density at radius 2 is 1.86 bits per heavy atom. The molecule has 2 aliphatic rings. The van der Waals surface area contributed by atoms with Gasteiger partial charge in [-0.2, -0.15) is 0 Å². The number of benzene rings is 1. The molecule has 7 heteroatoms. The first-order valence-corrected chi connectivity index (χ1v) is 10.1. The summed E-state index contributed by atoms with van der Waals surface area (Å²) in [6, 6.07) is 3.55. The summed E-state index contributed by atoms with van der Waals surface area (Å²) in [5.74, 6) is 0.965. The third-order valence-electron chi connectivity index (χ3n) is 6.37. The highest BCUT2D eigenvalue weighted by molar-refractivity contribution is 5.82. The smallest absolute Gasteiger partial charge is 0.261 e. The molecule has 1 aromatic heterocycles. The minimum absolute atomic E-state index is 0.00310. The maximum Gasteiger partial charge on any atom is 0.261 e. The fraction of sp³-hybridized carbons (Fsp3) is 0.591. The van der Waals surface area contributed by atoms with Gasteiger partial charge in [-0.05, 0) is 36.2 Å². The molecule has 0 spiro atoms. The predicted octanol–water partition coefficient (Wildman–Crippen LogP) is 2.84. The Labute approximate surface area is 170 Å². The zero-order chi connectivity index (χ0) is 21.0. The van der Waals surface area contributed by atoms with Crippen LogP contribution in [-0.2, 0) is 11.3 Å². The minimum Gasteiger partial charge on any atom is -0.493 e. The molecule has 0 N–H and O–H groups in total. The minimum atomic E-state index is -0.252. The van der Waals surface area contributed by atoms with E-state index in [1.54, 1.807) is 12.1 Å². The van der Waals surface area contributed by atoms with E-state index in [4.69, 9.17) is 9.47 Å². The quantitative estimate of drug-likeness (QED) is 0.790. The van der Waals surface area contributed by atoms with Crippen LogP contribution in [0.25, 0.3) is 10.9 Å². The lowest BCUT2D eigenvalue weighted by atomic mass is 9.65. The Kier molecular flexibility index (Phi) is 4.59. The second-order valence-corrected chi connectivity index (χ2v) is 9.64. The molecular weight excluding hydrogens is 370 g/mol. The van der Waals surface area contributed by atoms with Crippen molar-refractivity contribution in [3.63, 3.8) is 0 Å². The molecule has 0 radical (unpaired) electrons. The van der Waals surface area contributed by atoms with Crippen molar-refractivity contribution in [2.45, 2.75) is 52.6 Å². The number of aromatic nitrogens is 2. The number of methoxy groups -OCH3 is 2. The fourth-order valence-corrected chi connectivity index (χ4v) is 5.59. The summed E-state index contributed by atoms with van der Waals surface area (Å²) >= 11 is 0. The number of nitrogens with zero attached hydrogens (tertiary/aromatic N) is 3. The zero-order valence-electron chi connectivity index (χ0n) is 17.8. The molecule has 1 aliphatic carbocycles. The van der Waals surface area contributed by atoms with Crippen LogP contribution in [0, 0.1) is 10.8 Å². The molecule has 1 aromatic carbocycles. The summed E-state index contributed by atoms with van der Waals surface area (Å²) in [6.07, 6.45) is 4.63. The van der Waals surface area contributed by atoms with Crippen LogP contribution < -0.4 is 15.0 Å². The van der Waals surface area contributed by atoms with Crippen LogP contribution in [0.3, 0.4) is 0 Å². The third-order valence-corrected chi connectivity index (χ3v) is 6.37. The molecule has 1 amide bonds. The van der Waals surface area contributed by atoms with Gasteiger partial charge in [0.25, 0.3) is 5.56 Å². The molecule has 29 heavy (non-hydrogen) atoms. The number of carbonyl (C=O) groups is 1. The Balaban J connectivity index is 1.62. The van der Waals surface area contributed by atoms with Gasteiger partial charge < -0.3 is 14.4 Å². The number of hydrogen-bond acceptors (Lipinski definition) is 5. The summed E-state index contributed by atoms with van der Waals surface area (Å²) in [4.78, 5) is 32.5. The standard InChI is InChI=1S/C22H29N3O4/c1-21(2)8-14-9-22(3,11-21)12-25(14)19(26)10-24-13-23-16-7-18(29-5)17(28-4)6-15(16)20(24)27/h6-7,13-14H,8-12H2,1-5H3/t14-,22-/m1/s1. The molecule has 7 nitrogen and oxygen atoms in total. The van der Waals surface area contributed by atoms with Crippen molar-refractivity contribution in [2.24, 2.45) is 10.8 Å². The van der Waals surface area contributed by atoms with Crippen molar-refractivity contribution in [3.05, 3.63) is 28.8 Å². The molecule has 1 aliphatic heterocycles. The lowest BCUT2D eigenvalue weighted by Gasteiger charge is -2.39. The lowest BCUT2D eigenvalue weighted by Crippen LogP contribution is -2.40. The monoisotopic (exact) mass is 399 g/mol. The molecule has 2 bridgehead atoms. The van der Waals surface area contributed by atoms with Crippen LogP contribution in [-0.4, -0.2) is 47.2 Å². The highest BCUT2D eigenvalue weighted by Crippen LogP contribution is 2.52. The summed E-state index contributed by atoms with van der Waals surface area (Å²) in [5, 5.41) is 0.409. The molecular formula is C22H29N3O4. The van der Waals surface area contributed by atoms with Crippen molar-refractivity contribution >= 4 is 16.8 Å². The van der Waals surface area contributed by atoms with Crippen molar-refractivity contribution < 1.29 is 14.3 Å². The van der Waals surface area contributed by atoms with Gasteiger partial charge in [-0.15, -0.1) is 0 Å². The number of carbonyl (C=O) groups excluding carboxylic acids is 1. The largest absolute Gasteiger partial charge is 0.493 e. The Hall–Kier alpha value is -2.57. The topological polar surface area (TPSA) is 73.7 Å². The average molecular weight is 399 g/mol. The number of ether oxygens (including phenoxy) is 2. The van der Waals surface area contributed by atoms with Gasteiger partial charge in [0.1, 0.15) is 6.54 Å². The number of fused-ring (bicyclic) bond motifs is 3. The van der Waals surface area contributed by atoms with E-state index in [1.807, 2.05) is 4.90 Å². The first-order valence-electron chi connectivity index (χ1n) is 10.1. The zero-order valence-corrected chi connectivity index (χ0v) is 17.8. The van der Waals surface area contributed by atoms with Crippen LogP contribution in [0.5, 0.6) is 11.5 Å². The predicted molar refractivity (Wildman–Crippen MR) is 110 cm³/mol. The third kappa shape index (κ3) is 3.47. The van der Waals surface area contributed by atoms with E-state index in [0.29, 0.717) is 22.4 Å². The number of likely N-dealkylation sites (tertiary alicyclic amines) is 1. The van der Waals surface area contributed by atoms with Gasteiger partial charge in [-0.1, -0.05) is 20.8 Å². The van der Waals surface area contributed by atoms with Crippen molar-refractivity contribution in [1.82, 2.24) is 14.5 Å². The highest BCUT2D eigenvalue weighted by atomic mass is 16.5. The van der Waals surface area contributed by atoms with Gasteiger partial charge in [-0.25, -0.2) is 4.98 Å². The summed E-state index contributed by atoms with van der Waals surface area (Å²) < 4.78 is 12.0. The van der Waals surface area contributed by atoms with E-state index in [2.05, 4.69) is 25.8 Å². The van der Waals surface area contributed by atoms with Crippen LogP contribution in [0.15, 0.2) is 23.3 Å². The molecule has 1 saturated heterocycles. The van der Waals surface area contributed by atoms with Crippen LogP contribution in [0.1, 0.15) is 40.0 Å². The van der Waals surface area contributed by atoms with Crippen LogP contribution in [0.4, 0.5) is 0 Å². The first-order chi connectivity index (χ1) is 13.6. The van der Waals surface area contributed by atoms with E-state index in [-0.39, 0.29) is 34.9 Å². The van der Waals surface area contributed by atoms with E-state index in [0.717, 1.165) is 25.8 Å². The lowest BCUT2D eigenvalue weighted by molar-refractivity contribution is -0.133. The molecule has 2 aromatic rings. The molecule has 2 atom stereocenters. The van der Waals surface area contributed by atoms with Crippen molar-refractivity contribution in [2.75, 3.05) is 20.8 Å². The summed E-state index contributed by atoms with van der Waals surface area (Å²) in [7, 11) is 3.06. The first kappa shape index (κ1) is 19.7. The second-order valence-electron chi connectivity index (χ2n) is 9.64. The molecule has 156 valence electrons. The van der Waals surface area contributed by atoms with Gasteiger partial charge in [0, 0.05) is 18.7 Å². The maximum atomic E-state index is 13.1. The molecule has 4 rings (SSSR count). The highest BCUT2D eigenvalue weighted by Gasteiger charge is 2.50. The number of hydrogen-bond donors (Lipinski definition) is 0. The van der Waals surface area contributed by atoms with E-state index in [9.17, 15) is 9.59 Å². The van der Waals surface area contributed by atoms with Gasteiger partial charge in [0.05, 0.1) is 31.4 Å². The van der Waals surface area contributed by atoms with E-state index < -0.39 is 0 Å². The van der Waals surface area contributed by atoms with E-state index in [1.165, 1.54) is 25.1 Å². The van der Waals surface area contributed by atoms with E-state index >= 15 is 0 Å². The summed E-state index contributed by atoms with van der Waals surface area (Å²) in [6.45, 7) is 7.61. The van der Waals surface area contributed by atoms with Gasteiger partial charge in [0.2, 0.25) is 5.91 Å². The average Bonchev–Trinajstić information content (AvgIpc) is 2.91. The molecule has 0 unspecified atom stereocenters. The van der Waals surface area contributed by atoms with Gasteiger partial charge >= 0.3 is 0 Å². The normalized spacial score (nSPS) is 25.3. The van der Waals surface area contributed by atoms with Crippen LogP contribution in [0.2, 0.25) is 0 Å². The van der Waals surface area contributed by atoms with Gasteiger partial charge in [0.15, 0.2) is 11.5 Å². The van der Waals surface area contributed by atoms with Crippen molar-refractivity contribution in [3.8, 4) is 11.5 Å². The number of rotatable bonds is 4. The van der Waals surface area contributed by atoms with Crippen LogP contribution >= 0.6 is 0 Å². The Bertz CT molecular complexity index is 1030. The Morgan fingerprint density at radius 1 is 1.17 bits per heavy atom. The molecule has 1 saturated carbocycles. The summed E-state index contributed by atoms with van der Waals surface area (Å²) in [5.41, 5.74) is 0.669. The fourth-order valence-electron chi connectivity index (χ4n) is 5.59. The molecule has 2 heterocycles. The number of amides is 1. The van der Waals surface area contributed by atoms with Crippen molar-refractivity contribution in [1.29, 1.82) is 0 Å². The maximum absolute atomic E-state index is 13.1. The SMILES string of the molecule is COc1cc2ncn(CC(=O)N3C[C@]4(C)C[C@H]3CC(C)(C)C4)c(=O)c2cc1OC. The Morgan fingerprint density at radius 3 is 2.55 bits per heavy atom. The second kappa shape index (κ2) is 6.75.